The first kappa shape index (κ1) is 17.9. The third-order valence-corrected chi connectivity index (χ3v) is 3.55. The van der Waals surface area contributed by atoms with Crippen LogP contribution < -0.4 is 0 Å². The van der Waals surface area contributed by atoms with Crippen LogP contribution in [0.25, 0.3) is 0 Å². The van der Waals surface area contributed by atoms with E-state index in [1.807, 2.05) is 6.07 Å². The molecule has 2 aromatic carbocycles. The molecule has 2 nitrogen and oxygen atoms in total. The fraction of sp³-hybridized carbons (Fsp3) is 0.263. The summed E-state index contributed by atoms with van der Waals surface area (Å²) in [6.45, 7) is 2.13. The van der Waals surface area contributed by atoms with Crippen LogP contribution in [0, 0.1) is 17.5 Å². The summed E-state index contributed by atoms with van der Waals surface area (Å²) in [5.41, 5.74) is 1.66. The molecule has 2 rings (SSSR count). The zero-order chi connectivity index (χ0) is 17.4. The smallest absolute Gasteiger partial charge is 0.159 e. The van der Waals surface area contributed by atoms with E-state index in [1.165, 1.54) is 24.6 Å². The fourth-order valence-corrected chi connectivity index (χ4v) is 2.20. The quantitative estimate of drug-likeness (QED) is 0.374. The van der Waals surface area contributed by atoms with E-state index in [4.69, 9.17) is 0 Å². The summed E-state index contributed by atoms with van der Waals surface area (Å²) in [4.78, 5) is 0. The number of aryl methyl sites for hydroxylation is 1. The number of unbranched alkanes of at least 4 members (excludes halogenated alkanes) is 2. The summed E-state index contributed by atoms with van der Waals surface area (Å²) in [5.74, 6) is -2.22. The number of rotatable bonds is 7. The minimum atomic E-state index is -0.951. The molecule has 24 heavy (non-hydrogen) atoms. The molecule has 0 aliphatic carbocycles. The predicted molar refractivity (Wildman–Crippen MR) is 91.2 cm³/mol. The maximum absolute atomic E-state index is 14.0. The molecule has 0 amide bonds. The standard InChI is InChI=1S/C19H19F3N2/c1-2-3-4-5-14-6-8-16(18(21)10-14)13-24-23-12-15-7-9-17(20)19(22)11-15/h6-13H,2-5H2,1H3. The van der Waals surface area contributed by atoms with Crippen LogP contribution in [0.15, 0.2) is 46.6 Å². The van der Waals surface area contributed by atoms with Crippen LogP contribution in [0.4, 0.5) is 13.2 Å². The lowest BCUT2D eigenvalue weighted by atomic mass is 10.1. The molecule has 126 valence electrons. The summed E-state index contributed by atoms with van der Waals surface area (Å²) >= 11 is 0. The maximum atomic E-state index is 14.0. The molecule has 0 saturated heterocycles. The lowest BCUT2D eigenvalue weighted by Gasteiger charge is -2.02. The molecule has 0 atom stereocenters. The Balaban J connectivity index is 1.98. The highest BCUT2D eigenvalue weighted by atomic mass is 19.2. The predicted octanol–water partition coefficient (Wildman–Crippen LogP) is 5.29. The average molecular weight is 332 g/mol. The Hall–Kier alpha value is -2.43. The SMILES string of the molecule is CCCCCc1ccc(C=NN=Cc2ccc(F)c(F)c2)c(F)c1. The minimum Gasteiger partial charge on any atom is -0.206 e. The Bertz CT molecular complexity index is 739. The van der Waals surface area contributed by atoms with Crippen LogP contribution in [-0.2, 0) is 6.42 Å². The summed E-state index contributed by atoms with van der Waals surface area (Å²) in [7, 11) is 0. The molecule has 0 radical (unpaired) electrons. The van der Waals surface area contributed by atoms with Gasteiger partial charge in [0.25, 0.3) is 0 Å². The lowest BCUT2D eigenvalue weighted by molar-refractivity contribution is 0.508. The molecule has 0 fully saturated rings. The zero-order valence-corrected chi connectivity index (χ0v) is 13.5. The van der Waals surface area contributed by atoms with Crippen molar-refractivity contribution < 1.29 is 13.2 Å². The van der Waals surface area contributed by atoms with Crippen molar-refractivity contribution in [2.45, 2.75) is 32.6 Å². The molecule has 0 bridgehead atoms. The Morgan fingerprint density at radius 2 is 1.62 bits per heavy atom. The van der Waals surface area contributed by atoms with Crippen LogP contribution in [0.2, 0.25) is 0 Å². The van der Waals surface area contributed by atoms with Crippen LogP contribution in [-0.4, -0.2) is 12.4 Å². The van der Waals surface area contributed by atoms with Crippen molar-refractivity contribution in [2.24, 2.45) is 10.2 Å². The summed E-state index contributed by atoms with van der Waals surface area (Å²) < 4.78 is 39.8. The molecule has 0 unspecified atom stereocenters. The molecule has 0 aromatic heterocycles. The topological polar surface area (TPSA) is 24.7 Å². The van der Waals surface area contributed by atoms with E-state index in [0.717, 1.165) is 43.4 Å². The van der Waals surface area contributed by atoms with Crippen molar-refractivity contribution in [2.75, 3.05) is 0 Å². The highest BCUT2D eigenvalue weighted by molar-refractivity contribution is 5.82. The van der Waals surface area contributed by atoms with Gasteiger partial charge in [0.2, 0.25) is 0 Å². The fourth-order valence-electron chi connectivity index (χ4n) is 2.20. The molecule has 0 aliphatic rings. The van der Waals surface area contributed by atoms with E-state index in [2.05, 4.69) is 17.1 Å². The second-order valence-electron chi connectivity index (χ2n) is 5.48. The molecule has 0 N–H and O–H groups in total. The van der Waals surface area contributed by atoms with E-state index >= 15 is 0 Å². The van der Waals surface area contributed by atoms with Gasteiger partial charge in [0.1, 0.15) is 5.82 Å². The van der Waals surface area contributed by atoms with Gasteiger partial charge in [0.15, 0.2) is 11.6 Å². The highest BCUT2D eigenvalue weighted by Gasteiger charge is 2.02. The van der Waals surface area contributed by atoms with E-state index in [0.29, 0.717) is 11.1 Å². The zero-order valence-electron chi connectivity index (χ0n) is 13.5. The van der Waals surface area contributed by atoms with Gasteiger partial charge in [-0.1, -0.05) is 38.0 Å². The van der Waals surface area contributed by atoms with Crippen molar-refractivity contribution in [3.8, 4) is 0 Å². The highest BCUT2D eigenvalue weighted by Crippen LogP contribution is 2.12. The first-order valence-corrected chi connectivity index (χ1v) is 7.90. The van der Waals surface area contributed by atoms with Crippen molar-refractivity contribution in [1.82, 2.24) is 0 Å². The van der Waals surface area contributed by atoms with Crippen molar-refractivity contribution in [1.29, 1.82) is 0 Å². The van der Waals surface area contributed by atoms with Gasteiger partial charge in [-0.05, 0) is 42.2 Å². The first-order chi connectivity index (χ1) is 11.6. The maximum Gasteiger partial charge on any atom is 0.159 e. The second-order valence-corrected chi connectivity index (χ2v) is 5.48. The Morgan fingerprint density at radius 3 is 2.33 bits per heavy atom. The monoisotopic (exact) mass is 332 g/mol. The molecule has 0 saturated carbocycles. The van der Waals surface area contributed by atoms with Crippen LogP contribution in [0.1, 0.15) is 42.9 Å². The van der Waals surface area contributed by atoms with Crippen LogP contribution in [0.3, 0.4) is 0 Å². The number of hydrogen-bond acceptors (Lipinski definition) is 2. The van der Waals surface area contributed by atoms with Crippen LogP contribution >= 0.6 is 0 Å². The normalized spacial score (nSPS) is 11.7. The number of nitrogens with zero attached hydrogens (tertiary/aromatic N) is 2. The number of benzene rings is 2. The number of hydrogen-bond donors (Lipinski definition) is 0. The van der Waals surface area contributed by atoms with E-state index in [1.54, 1.807) is 6.07 Å². The van der Waals surface area contributed by atoms with Gasteiger partial charge < -0.3 is 0 Å². The van der Waals surface area contributed by atoms with Gasteiger partial charge in [-0.15, -0.1) is 0 Å². The molecule has 0 aliphatic heterocycles. The Morgan fingerprint density at radius 1 is 0.833 bits per heavy atom. The summed E-state index contributed by atoms with van der Waals surface area (Å²) in [6, 6.07) is 8.45. The Kier molecular flexibility index (Phi) is 6.73. The molecule has 0 heterocycles. The van der Waals surface area contributed by atoms with Crippen molar-refractivity contribution in [3.05, 3.63) is 70.5 Å². The molecular formula is C19H19F3N2. The second kappa shape index (κ2) is 9.01. The summed E-state index contributed by atoms with van der Waals surface area (Å²) in [5, 5.41) is 7.46. The van der Waals surface area contributed by atoms with Gasteiger partial charge in [-0.2, -0.15) is 10.2 Å². The van der Waals surface area contributed by atoms with Gasteiger partial charge >= 0.3 is 0 Å². The molecule has 5 heteroatoms. The van der Waals surface area contributed by atoms with Crippen molar-refractivity contribution in [3.63, 3.8) is 0 Å². The first-order valence-electron chi connectivity index (χ1n) is 7.90. The van der Waals surface area contributed by atoms with E-state index in [-0.39, 0.29) is 5.82 Å². The van der Waals surface area contributed by atoms with Gasteiger partial charge in [0.05, 0.1) is 12.4 Å². The van der Waals surface area contributed by atoms with E-state index in [9.17, 15) is 13.2 Å². The van der Waals surface area contributed by atoms with Gasteiger partial charge in [0, 0.05) is 5.56 Å². The van der Waals surface area contributed by atoms with Crippen molar-refractivity contribution >= 4 is 12.4 Å². The minimum absolute atomic E-state index is 0.330. The molecule has 2 aromatic rings. The van der Waals surface area contributed by atoms with Gasteiger partial charge in [-0.25, -0.2) is 13.2 Å². The Labute approximate surface area is 139 Å². The molecular weight excluding hydrogens is 313 g/mol. The third kappa shape index (κ3) is 5.33. The number of halogens is 3. The largest absolute Gasteiger partial charge is 0.206 e. The van der Waals surface area contributed by atoms with Crippen LogP contribution in [0.5, 0.6) is 0 Å². The average Bonchev–Trinajstić information content (AvgIpc) is 2.56. The lowest BCUT2D eigenvalue weighted by Crippen LogP contribution is -1.92. The summed E-state index contributed by atoms with van der Waals surface area (Å²) in [6.07, 6.45) is 6.72. The van der Waals surface area contributed by atoms with Gasteiger partial charge in [-0.3, -0.25) is 0 Å². The molecule has 0 spiro atoms. The van der Waals surface area contributed by atoms with E-state index < -0.39 is 11.6 Å². The third-order valence-electron chi connectivity index (χ3n) is 3.55.